The van der Waals surface area contributed by atoms with E-state index in [1.54, 1.807) is 11.0 Å². The van der Waals surface area contributed by atoms with E-state index < -0.39 is 0 Å². The van der Waals surface area contributed by atoms with E-state index in [-0.39, 0.29) is 11.3 Å². The van der Waals surface area contributed by atoms with Crippen molar-refractivity contribution in [1.29, 1.82) is 0 Å². The highest BCUT2D eigenvalue weighted by molar-refractivity contribution is 5.98. The molecule has 1 atom stereocenters. The molecule has 23 heavy (non-hydrogen) atoms. The zero-order valence-electron chi connectivity index (χ0n) is 13.1. The van der Waals surface area contributed by atoms with Gasteiger partial charge in [-0.1, -0.05) is 12.1 Å². The standard InChI is InChI=1S/C17H21N5O/c23-16(21-9-7-17(11-21)6-3-8-18-10-17)14-4-1-2-5-15(14)22-13-19-12-20-22/h1-2,4-5,12-13,18H,3,6-11H2. The number of aromatic nitrogens is 3. The monoisotopic (exact) mass is 311 g/mol. The summed E-state index contributed by atoms with van der Waals surface area (Å²) in [6.07, 6.45) is 6.63. The van der Waals surface area contributed by atoms with Gasteiger partial charge in [-0.2, -0.15) is 5.10 Å². The average Bonchev–Trinajstić information content (AvgIpc) is 3.26. The third-order valence-corrected chi connectivity index (χ3v) is 5.09. The second-order valence-electron chi connectivity index (χ2n) is 6.61. The summed E-state index contributed by atoms with van der Waals surface area (Å²) < 4.78 is 1.65. The van der Waals surface area contributed by atoms with Gasteiger partial charge in [0.25, 0.3) is 5.91 Å². The molecule has 1 aromatic heterocycles. The first-order valence-electron chi connectivity index (χ1n) is 8.22. The fourth-order valence-corrected chi connectivity index (χ4v) is 3.84. The van der Waals surface area contributed by atoms with Crippen LogP contribution in [0.25, 0.3) is 5.69 Å². The van der Waals surface area contributed by atoms with E-state index >= 15 is 0 Å². The fraction of sp³-hybridized carbons (Fsp3) is 0.471. The molecule has 0 saturated carbocycles. The predicted molar refractivity (Wildman–Crippen MR) is 86.4 cm³/mol. The number of hydrogen-bond acceptors (Lipinski definition) is 4. The van der Waals surface area contributed by atoms with Gasteiger partial charge in [0.2, 0.25) is 0 Å². The molecule has 2 fully saturated rings. The van der Waals surface area contributed by atoms with E-state index in [2.05, 4.69) is 15.4 Å². The van der Waals surface area contributed by atoms with Crippen LogP contribution in [0.5, 0.6) is 0 Å². The molecule has 4 rings (SSSR count). The molecular weight excluding hydrogens is 290 g/mol. The number of hydrogen-bond donors (Lipinski definition) is 1. The third kappa shape index (κ3) is 2.63. The zero-order chi connectivity index (χ0) is 15.7. The maximum atomic E-state index is 13.0. The number of likely N-dealkylation sites (tertiary alicyclic amines) is 1. The molecular formula is C17H21N5O. The van der Waals surface area contributed by atoms with E-state index in [1.165, 1.54) is 19.2 Å². The Bertz CT molecular complexity index is 691. The second kappa shape index (κ2) is 5.77. The highest BCUT2D eigenvalue weighted by atomic mass is 16.2. The van der Waals surface area contributed by atoms with Crippen molar-refractivity contribution in [2.75, 3.05) is 26.2 Å². The third-order valence-electron chi connectivity index (χ3n) is 5.09. The van der Waals surface area contributed by atoms with Crippen molar-refractivity contribution in [2.45, 2.75) is 19.3 Å². The van der Waals surface area contributed by atoms with Crippen LogP contribution < -0.4 is 5.32 Å². The lowest BCUT2D eigenvalue weighted by atomic mass is 9.80. The highest BCUT2D eigenvalue weighted by Gasteiger charge is 2.41. The number of piperidine rings is 1. The summed E-state index contributed by atoms with van der Waals surface area (Å²) in [7, 11) is 0. The quantitative estimate of drug-likeness (QED) is 0.912. The lowest BCUT2D eigenvalue weighted by molar-refractivity contribution is 0.0764. The van der Waals surface area contributed by atoms with Gasteiger partial charge in [-0.05, 0) is 37.9 Å². The van der Waals surface area contributed by atoms with Crippen LogP contribution in [-0.4, -0.2) is 51.8 Å². The Kier molecular flexibility index (Phi) is 3.61. The number of rotatable bonds is 2. The Labute approximate surface area is 135 Å². The maximum Gasteiger partial charge on any atom is 0.256 e. The van der Waals surface area contributed by atoms with Crippen molar-refractivity contribution >= 4 is 5.91 Å². The summed E-state index contributed by atoms with van der Waals surface area (Å²) in [5.74, 6) is 0.0959. The molecule has 6 nitrogen and oxygen atoms in total. The minimum atomic E-state index is 0.0959. The lowest BCUT2D eigenvalue weighted by Crippen LogP contribution is -2.42. The molecule has 2 aliphatic rings. The van der Waals surface area contributed by atoms with E-state index in [9.17, 15) is 4.79 Å². The van der Waals surface area contributed by atoms with Gasteiger partial charge in [0.05, 0.1) is 11.3 Å². The minimum Gasteiger partial charge on any atom is -0.338 e. The summed E-state index contributed by atoms with van der Waals surface area (Å²) in [5, 5.41) is 7.65. The molecule has 3 heterocycles. The van der Waals surface area contributed by atoms with Crippen molar-refractivity contribution in [3.63, 3.8) is 0 Å². The van der Waals surface area contributed by atoms with Crippen LogP contribution in [0.4, 0.5) is 0 Å². The number of carbonyl (C=O) groups excluding carboxylic acids is 1. The van der Waals surface area contributed by atoms with Gasteiger partial charge in [-0.15, -0.1) is 0 Å². The molecule has 1 unspecified atom stereocenters. The van der Waals surface area contributed by atoms with Gasteiger partial charge >= 0.3 is 0 Å². The molecule has 6 heteroatoms. The average molecular weight is 311 g/mol. The van der Waals surface area contributed by atoms with E-state index in [4.69, 9.17) is 0 Å². The molecule has 1 amide bonds. The van der Waals surface area contributed by atoms with Crippen molar-refractivity contribution in [2.24, 2.45) is 5.41 Å². The molecule has 1 N–H and O–H groups in total. The number of para-hydroxylation sites is 1. The van der Waals surface area contributed by atoms with Crippen molar-refractivity contribution in [3.05, 3.63) is 42.5 Å². The Morgan fingerprint density at radius 3 is 2.96 bits per heavy atom. The Morgan fingerprint density at radius 2 is 2.17 bits per heavy atom. The van der Waals surface area contributed by atoms with Gasteiger partial charge < -0.3 is 10.2 Å². The summed E-state index contributed by atoms with van der Waals surface area (Å²) in [4.78, 5) is 19.0. The molecule has 0 radical (unpaired) electrons. The van der Waals surface area contributed by atoms with Gasteiger partial charge in [-0.25, -0.2) is 9.67 Å². The van der Waals surface area contributed by atoms with Gasteiger partial charge in [0.15, 0.2) is 0 Å². The predicted octanol–water partition coefficient (Wildman–Crippen LogP) is 1.48. The van der Waals surface area contributed by atoms with Crippen LogP contribution in [0.15, 0.2) is 36.9 Å². The van der Waals surface area contributed by atoms with Crippen LogP contribution in [0.1, 0.15) is 29.6 Å². The van der Waals surface area contributed by atoms with Gasteiger partial charge in [0, 0.05) is 25.0 Å². The fourth-order valence-electron chi connectivity index (χ4n) is 3.84. The topological polar surface area (TPSA) is 63.1 Å². The number of nitrogens with zero attached hydrogens (tertiary/aromatic N) is 4. The van der Waals surface area contributed by atoms with Crippen LogP contribution in [-0.2, 0) is 0 Å². The molecule has 1 spiro atoms. The van der Waals surface area contributed by atoms with Gasteiger partial charge in [-0.3, -0.25) is 4.79 Å². The Morgan fingerprint density at radius 1 is 1.26 bits per heavy atom. The van der Waals surface area contributed by atoms with E-state index in [0.29, 0.717) is 5.56 Å². The molecule has 2 saturated heterocycles. The van der Waals surface area contributed by atoms with E-state index in [1.807, 2.05) is 29.2 Å². The van der Waals surface area contributed by atoms with Crippen LogP contribution >= 0.6 is 0 Å². The molecule has 0 aliphatic carbocycles. The summed E-state index contributed by atoms with van der Waals surface area (Å²) in [6.45, 7) is 3.82. The smallest absolute Gasteiger partial charge is 0.256 e. The summed E-state index contributed by atoms with van der Waals surface area (Å²) >= 11 is 0. The number of benzene rings is 1. The van der Waals surface area contributed by atoms with Crippen LogP contribution in [0, 0.1) is 5.41 Å². The zero-order valence-corrected chi connectivity index (χ0v) is 13.1. The molecule has 120 valence electrons. The lowest BCUT2D eigenvalue weighted by Gasteiger charge is -2.33. The Balaban J connectivity index is 1.59. The van der Waals surface area contributed by atoms with Crippen LogP contribution in [0.2, 0.25) is 0 Å². The number of carbonyl (C=O) groups is 1. The molecule has 2 aliphatic heterocycles. The van der Waals surface area contributed by atoms with Gasteiger partial charge in [0.1, 0.15) is 12.7 Å². The number of amides is 1. The first-order valence-corrected chi connectivity index (χ1v) is 8.22. The maximum absolute atomic E-state index is 13.0. The largest absolute Gasteiger partial charge is 0.338 e. The van der Waals surface area contributed by atoms with Crippen LogP contribution in [0.3, 0.4) is 0 Å². The summed E-state index contributed by atoms with van der Waals surface area (Å²) in [5.41, 5.74) is 1.76. The van der Waals surface area contributed by atoms with Crippen molar-refractivity contribution in [1.82, 2.24) is 25.0 Å². The van der Waals surface area contributed by atoms with E-state index in [0.717, 1.165) is 38.3 Å². The molecule has 2 aromatic rings. The highest BCUT2D eigenvalue weighted by Crippen LogP contribution is 2.37. The van der Waals surface area contributed by atoms with Crippen molar-refractivity contribution < 1.29 is 4.79 Å². The number of nitrogens with one attached hydrogen (secondary N) is 1. The second-order valence-corrected chi connectivity index (χ2v) is 6.61. The minimum absolute atomic E-state index is 0.0959. The summed E-state index contributed by atoms with van der Waals surface area (Å²) in [6, 6.07) is 7.62. The SMILES string of the molecule is O=C(c1ccccc1-n1cncn1)N1CCC2(CCCNC2)C1. The first kappa shape index (κ1) is 14.4. The molecule has 1 aromatic carbocycles. The van der Waals surface area contributed by atoms with Crippen molar-refractivity contribution in [3.8, 4) is 5.69 Å². The normalized spacial score (nSPS) is 24.3. The molecule has 0 bridgehead atoms. The first-order chi connectivity index (χ1) is 11.3. The Hall–Kier alpha value is -2.21.